The van der Waals surface area contributed by atoms with Gasteiger partial charge in [0.15, 0.2) is 0 Å². The molecule has 0 aliphatic carbocycles. The lowest BCUT2D eigenvalue weighted by Gasteiger charge is -2.24. The van der Waals surface area contributed by atoms with Crippen LogP contribution in [0.15, 0.2) is 0 Å². The van der Waals surface area contributed by atoms with Gasteiger partial charge in [0.25, 0.3) is 0 Å². The number of methoxy groups -OCH3 is 1. The van der Waals surface area contributed by atoms with E-state index in [1.165, 1.54) is 12.5 Å². The summed E-state index contributed by atoms with van der Waals surface area (Å²) in [6.45, 7) is 17.9. The maximum absolute atomic E-state index is 11.6. The van der Waals surface area contributed by atoms with Gasteiger partial charge in [-0.15, -0.1) is 0 Å². The predicted octanol–water partition coefficient (Wildman–Crippen LogP) is 6.39. The Morgan fingerprint density at radius 1 is 0.655 bits per heavy atom. The van der Waals surface area contributed by atoms with Crippen LogP contribution in [0.3, 0.4) is 0 Å². The minimum atomic E-state index is -0.305. The van der Waals surface area contributed by atoms with E-state index >= 15 is 0 Å². The average Bonchev–Trinajstić information content (AvgIpc) is 2.68. The van der Waals surface area contributed by atoms with Gasteiger partial charge in [-0.05, 0) is 87.8 Å². The van der Waals surface area contributed by atoms with Gasteiger partial charge in [-0.25, -0.2) is 0 Å². The van der Waals surface area contributed by atoms with Gasteiger partial charge in [0, 0.05) is 18.1 Å². The molecule has 2 aromatic carbocycles. The first-order valence-electron chi connectivity index (χ1n) is 10.3. The molecule has 0 bridgehead atoms. The third-order valence-corrected chi connectivity index (χ3v) is 5.98. The predicted molar refractivity (Wildman–Crippen MR) is 118 cm³/mol. The second-order valence-electron chi connectivity index (χ2n) is 7.63. The normalized spacial score (nSPS) is 10.8. The van der Waals surface area contributed by atoms with Gasteiger partial charge in [-0.2, -0.15) is 0 Å². The van der Waals surface area contributed by atoms with E-state index < -0.39 is 0 Å². The molecule has 2 aromatic rings. The molecule has 0 heterocycles. The number of benzene rings is 2. The Hall–Kier alpha value is -2.49. The minimum Gasteiger partial charge on any atom is -0.496 e. The minimum absolute atomic E-state index is 0.305. The number of rotatable bonds is 6. The smallest absolute Gasteiger partial charge is 0.308 e. The van der Waals surface area contributed by atoms with Gasteiger partial charge >= 0.3 is 5.97 Å². The van der Waals surface area contributed by atoms with Crippen LogP contribution in [0.1, 0.15) is 65.3 Å². The molecule has 0 aliphatic rings. The fourth-order valence-corrected chi connectivity index (χ4v) is 4.13. The van der Waals surface area contributed by atoms with Crippen LogP contribution in [0.2, 0.25) is 0 Å². The van der Waals surface area contributed by atoms with Gasteiger partial charge in [-0.3, -0.25) is 4.79 Å². The lowest BCUT2D eigenvalue weighted by molar-refractivity contribution is -0.132. The molecule has 0 aliphatic heterocycles. The molecule has 0 saturated carbocycles. The number of carbonyl (C=O) groups is 1. The molecule has 4 nitrogen and oxygen atoms in total. The van der Waals surface area contributed by atoms with E-state index in [0.717, 1.165) is 69.0 Å². The fourth-order valence-electron chi connectivity index (χ4n) is 4.13. The molecule has 0 fully saturated rings. The quantitative estimate of drug-likeness (QED) is 0.418. The summed E-state index contributed by atoms with van der Waals surface area (Å²) in [5.74, 6) is 3.02. The number of esters is 1. The third kappa shape index (κ3) is 3.98. The first-order chi connectivity index (χ1) is 13.6. The maximum Gasteiger partial charge on any atom is 0.308 e. The Balaban J connectivity index is 2.75. The van der Waals surface area contributed by atoms with Crippen molar-refractivity contribution in [1.82, 2.24) is 0 Å². The molecule has 2 rings (SSSR count). The van der Waals surface area contributed by atoms with Crippen molar-refractivity contribution in [3.05, 3.63) is 44.5 Å². The second kappa shape index (κ2) is 8.89. The molecule has 0 atom stereocenters. The zero-order valence-electron chi connectivity index (χ0n) is 19.5. The molecule has 4 heteroatoms. The highest BCUT2D eigenvalue weighted by Crippen LogP contribution is 2.44. The Labute approximate surface area is 175 Å². The summed E-state index contributed by atoms with van der Waals surface area (Å²) in [6.07, 6.45) is 1.63. The van der Waals surface area contributed by atoms with E-state index in [-0.39, 0.29) is 5.97 Å². The summed E-state index contributed by atoms with van der Waals surface area (Å²) in [6, 6.07) is 0. The summed E-state index contributed by atoms with van der Waals surface area (Å²) >= 11 is 0. The summed E-state index contributed by atoms with van der Waals surface area (Å²) in [5.41, 5.74) is 8.40. The summed E-state index contributed by atoms with van der Waals surface area (Å²) in [7, 11) is 1.72. The first-order valence-corrected chi connectivity index (χ1v) is 10.3. The van der Waals surface area contributed by atoms with Gasteiger partial charge < -0.3 is 14.2 Å². The Bertz CT molecular complexity index is 955. The summed E-state index contributed by atoms with van der Waals surface area (Å²) < 4.78 is 17.9. The van der Waals surface area contributed by atoms with Crippen LogP contribution in [-0.2, 0) is 17.6 Å². The number of hydrogen-bond acceptors (Lipinski definition) is 4. The lowest BCUT2D eigenvalue weighted by Crippen LogP contribution is -2.10. The largest absolute Gasteiger partial charge is 0.496 e. The highest BCUT2D eigenvalue weighted by Gasteiger charge is 2.23. The van der Waals surface area contributed by atoms with E-state index in [1.54, 1.807) is 7.11 Å². The summed E-state index contributed by atoms with van der Waals surface area (Å²) in [4.78, 5) is 11.6. The molecular weight excluding hydrogens is 364 g/mol. The lowest BCUT2D eigenvalue weighted by atomic mass is 9.94. The SMILES string of the molecule is CCc1c(C)c(Oc2c(C)c(C)c(OC(C)=O)c(CC)c2C)c(C)c(C)c1OC. The van der Waals surface area contributed by atoms with Crippen molar-refractivity contribution in [2.24, 2.45) is 0 Å². The van der Waals surface area contributed by atoms with E-state index in [1.807, 2.05) is 20.8 Å². The van der Waals surface area contributed by atoms with E-state index in [9.17, 15) is 4.79 Å². The van der Waals surface area contributed by atoms with Crippen molar-refractivity contribution in [3.8, 4) is 23.0 Å². The Kier molecular flexibility index (Phi) is 6.99. The van der Waals surface area contributed by atoms with Crippen molar-refractivity contribution >= 4 is 5.97 Å². The van der Waals surface area contributed by atoms with Crippen LogP contribution in [0, 0.1) is 41.5 Å². The van der Waals surface area contributed by atoms with Gasteiger partial charge in [-0.1, -0.05) is 13.8 Å². The fraction of sp³-hybridized carbons (Fsp3) is 0.480. The third-order valence-electron chi connectivity index (χ3n) is 5.98. The van der Waals surface area contributed by atoms with Crippen molar-refractivity contribution in [2.75, 3.05) is 7.11 Å². The standard InChI is InChI=1S/C25H34O4/c1-11-20-17(7)22(13(3)15(5)24(20)27-10)29-23-14(4)16(6)25(28-19(9)26)21(12-2)18(23)8/h11-12H2,1-10H3. The number of carbonyl (C=O) groups excluding carboxylic acids is 1. The zero-order chi connectivity index (χ0) is 22.0. The number of hydrogen-bond donors (Lipinski definition) is 0. The molecule has 0 unspecified atom stereocenters. The van der Waals surface area contributed by atoms with Gasteiger partial charge in [0.2, 0.25) is 0 Å². The first kappa shape index (κ1) is 22.8. The van der Waals surface area contributed by atoms with Crippen molar-refractivity contribution in [3.63, 3.8) is 0 Å². The van der Waals surface area contributed by atoms with Crippen molar-refractivity contribution < 1.29 is 19.0 Å². The van der Waals surface area contributed by atoms with Crippen LogP contribution in [0.5, 0.6) is 23.0 Å². The van der Waals surface area contributed by atoms with Crippen molar-refractivity contribution in [1.29, 1.82) is 0 Å². The Morgan fingerprint density at radius 2 is 1.03 bits per heavy atom. The summed E-state index contributed by atoms with van der Waals surface area (Å²) in [5, 5.41) is 0. The van der Waals surface area contributed by atoms with Gasteiger partial charge in [0.05, 0.1) is 7.11 Å². The number of ether oxygens (including phenoxy) is 3. The van der Waals surface area contributed by atoms with E-state index in [2.05, 4.69) is 34.6 Å². The molecule has 0 aromatic heterocycles. The molecule has 0 radical (unpaired) electrons. The van der Waals surface area contributed by atoms with E-state index in [4.69, 9.17) is 14.2 Å². The monoisotopic (exact) mass is 398 g/mol. The molecule has 0 amide bonds. The molecule has 0 spiro atoms. The van der Waals surface area contributed by atoms with Gasteiger partial charge in [0.1, 0.15) is 23.0 Å². The van der Waals surface area contributed by atoms with Crippen LogP contribution < -0.4 is 14.2 Å². The maximum atomic E-state index is 11.6. The van der Waals surface area contributed by atoms with Crippen LogP contribution >= 0.6 is 0 Å². The highest BCUT2D eigenvalue weighted by atomic mass is 16.5. The Morgan fingerprint density at radius 3 is 1.41 bits per heavy atom. The van der Waals surface area contributed by atoms with Crippen molar-refractivity contribution in [2.45, 2.75) is 75.2 Å². The second-order valence-corrected chi connectivity index (χ2v) is 7.63. The molecule has 0 N–H and O–H groups in total. The molecular formula is C25H34O4. The molecule has 158 valence electrons. The topological polar surface area (TPSA) is 44.8 Å². The van der Waals surface area contributed by atoms with Crippen LogP contribution in [0.25, 0.3) is 0 Å². The average molecular weight is 399 g/mol. The van der Waals surface area contributed by atoms with Crippen LogP contribution in [-0.4, -0.2) is 13.1 Å². The molecule has 0 saturated heterocycles. The zero-order valence-corrected chi connectivity index (χ0v) is 19.5. The van der Waals surface area contributed by atoms with Crippen LogP contribution in [0.4, 0.5) is 0 Å². The van der Waals surface area contributed by atoms with E-state index in [0.29, 0.717) is 5.75 Å². The highest BCUT2D eigenvalue weighted by molar-refractivity contribution is 5.72. The molecule has 29 heavy (non-hydrogen) atoms.